The van der Waals surface area contributed by atoms with Crippen LogP contribution in [0.15, 0.2) is 40.4 Å². The van der Waals surface area contributed by atoms with Gasteiger partial charge in [0.2, 0.25) is 5.95 Å². The number of piperidine rings is 1. The first-order valence-corrected chi connectivity index (χ1v) is 21.7. The molecule has 0 saturated carbocycles. The predicted molar refractivity (Wildman–Crippen MR) is 212 cm³/mol. The Balaban J connectivity index is 1.14. The minimum atomic E-state index is -2.68. The van der Waals surface area contributed by atoms with Crippen molar-refractivity contribution in [2.75, 3.05) is 75.2 Å². The number of aromatic nitrogens is 3. The second-order valence-corrected chi connectivity index (χ2v) is 19.3. The van der Waals surface area contributed by atoms with Crippen LogP contribution in [0.4, 0.5) is 33.6 Å². The van der Waals surface area contributed by atoms with Crippen LogP contribution in [0.3, 0.4) is 0 Å². The van der Waals surface area contributed by atoms with Gasteiger partial charge in [0.05, 0.1) is 44.0 Å². The molecule has 51 heavy (non-hydrogen) atoms. The zero-order valence-corrected chi connectivity index (χ0v) is 33.8. The quantitative estimate of drug-likeness (QED) is 0.162. The predicted octanol–water partition coefficient (Wildman–Crippen LogP) is 7.68. The Bertz CT molecular complexity index is 1930. The maximum absolute atomic E-state index is 13.4. The van der Waals surface area contributed by atoms with E-state index < -0.39 is 12.7 Å². The van der Waals surface area contributed by atoms with Crippen LogP contribution >= 0.6 is 34.4 Å². The SMILES string of the molecule is CCc1cc(Nc2ncc(Br)c(Nc3ccc4scnc4c3P(C)(C)=O)n2)c(OC)cc1N1CCC(N2CCN(C(=O)OC(C)(C)C)CC2)CC1. The Labute approximate surface area is 312 Å². The number of thiazole rings is 1. The fourth-order valence-electron chi connectivity index (χ4n) is 6.85. The van der Waals surface area contributed by atoms with Crippen LogP contribution < -0.4 is 25.6 Å². The van der Waals surface area contributed by atoms with Gasteiger partial charge >= 0.3 is 6.09 Å². The lowest BCUT2D eigenvalue weighted by atomic mass is 9.99. The number of halogens is 1. The smallest absolute Gasteiger partial charge is 0.410 e. The molecule has 0 atom stereocenters. The number of ether oxygens (including phenoxy) is 2. The summed E-state index contributed by atoms with van der Waals surface area (Å²) in [6.45, 7) is 16.4. The van der Waals surface area contributed by atoms with E-state index >= 15 is 0 Å². The second-order valence-electron chi connectivity index (χ2n) is 14.4. The Morgan fingerprint density at radius 3 is 2.41 bits per heavy atom. The minimum Gasteiger partial charge on any atom is -0.494 e. The van der Waals surface area contributed by atoms with Crippen LogP contribution in [0.1, 0.15) is 46.1 Å². The summed E-state index contributed by atoms with van der Waals surface area (Å²) in [7, 11) is -0.999. The third-order valence-corrected chi connectivity index (χ3v) is 12.2. The van der Waals surface area contributed by atoms with E-state index in [-0.39, 0.29) is 6.09 Å². The van der Waals surface area contributed by atoms with Gasteiger partial charge in [0.25, 0.3) is 0 Å². The number of nitrogens with zero attached hydrogens (tertiary/aromatic N) is 6. The van der Waals surface area contributed by atoms with E-state index in [1.165, 1.54) is 22.6 Å². The molecule has 2 fully saturated rings. The zero-order valence-electron chi connectivity index (χ0n) is 30.5. The fourth-order valence-corrected chi connectivity index (χ4v) is 9.30. The van der Waals surface area contributed by atoms with Crippen LogP contribution in [0.5, 0.6) is 5.75 Å². The van der Waals surface area contributed by atoms with Crippen molar-refractivity contribution in [3.05, 3.63) is 46.0 Å². The van der Waals surface area contributed by atoms with E-state index in [9.17, 15) is 9.36 Å². The molecule has 274 valence electrons. The number of hydrogen-bond acceptors (Lipinski definition) is 12. The van der Waals surface area contributed by atoms with Crippen molar-refractivity contribution in [3.8, 4) is 5.75 Å². The van der Waals surface area contributed by atoms with Crippen molar-refractivity contribution in [1.82, 2.24) is 24.8 Å². The van der Waals surface area contributed by atoms with Gasteiger partial charge in [0.15, 0.2) is 0 Å². The maximum atomic E-state index is 13.4. The molecule has 2 aliphatic rings. The number of carbonyl (C=O) groups is 1. The van der Waals surface area contributed by atoms with Crippen molar-refractivity contribution in [3.63, 3.8) is 0 Å². The Kier molecular flexibility index (Phi) is 11.2. The highest BCUT2D eigenvalue weighted by molar-refractivity contribution is 9.10. The lowest BCUT2D eigenvalue weighted by molar-refractivity contribution is 0.00901. The number of methoxy groups -OCH3 is 1. The van der Waals surface area contributed by atoms with Crippen LogP contribution in [-0.2, 0) is 15.7 Å². The normalized spacial score (nSPS) is 16.4. The van der Waals surface area contributed by atoms with E-state index in [0.717, 1.165) is 61.3 Å². The Hall–Kier alpha value is -3.45. The molecular weight excluding hydrogens is 751 g/mol. The first kappa shape index (κ1) is 37.3. The molecule has 4 aromatic rings. The fraction of sp³-hybridized carbons (Fsp3) is 0.500. The number of rotatable bonds is 9. The van der Waals surface area contributed by atoms with Gasteiger partial charge in [-0.2, -0.15) is 4.98 Å². The summed E-state index contributed by atoms with van der Waals surface area (Å²) < 4.78 is 26.5. The number of piperazine rings is 1. The molecule has 2 aromatic carbocycles. The number of hydrogen-bond donors (Lipinski definition) is 2. The Morgan fingerprint density at radius 1 is 1.04 bits per heavy atom. The van der Waals surface area contributed by atoms with Gasteiger partial charge in [-0.15, -0.1) is 11.3 Å². The molecule has 0 spiro atoms. The molecule has 0 unspecified atom stereocenters. The van der Waals surface area contributed by atoms with Gasteiger partial charge in [0, 0.05) is 63.3 Å². The molecule has 0 radical (unpaired) electrons. The summed E-state index contributed by atoms with van der Waals surface area (Å²) in [5.41, 5.74) is 5.92. The van der Waals surface area contributed by atoms with Gasteiger partial charge in [-0.05, 0) is 93.1 Å². The summed E-state index contributed by atoms with van der Waals surface area (Å²) in [6, 6.07) is 8.66. The number of anilines is 5. The molecule has 2 aromatic heterocycles. The lowest BCUT2D eigenvalue weighted by Crippen LogP contribution is -2.55. The molecule has 0 bridgehead atoms. The largest absolute Gasteiger partial charge is 0.494 e. The number of carbonyl (C=O) groups excluding carboxylic acids is 1. The zero-order chi connectivity index (χ0) is 36.5. The van der Waals surface area contributed by atoms with Gasteiger partial charge in [-0.25, -0.2) is 14.8 Å². The monoisotopic (exact) mass is 798 g/mol. The van der Waals surface area contributed by atoms with Crippen molar-refractivity contribution in [2.45, 2.75) is 58.6 Å². The lowest BCUT2D eigenvalue weighted by Gasteiger charge is -2.43. The van der Waals surface area contributed by atoms with Gasteiger partial charge in [-0.1, -0.05) is 6.92 Å². The summed E-state index contributed by atoms with van der Waals surface area (Å²) in [6.07, 6.45) is 4.44. The molecule has 6 rings (SSSR count). The third-order valence-electron chi connectivity index (χ3n) is 9.33. The highest BCUT2D eigenvalue weighted by Gasteiger charge is 2.31. The topological polar surface area (TPSA) is 125 Å². The average molecular weight is 800 g/mol. The minimum absolute atomic E-state index is 0.218. The first-order chi connectivity index (χ1) is 24.2. The number of aryl methyl sites for hydroxylation is 1. The van der Waals surface area contributed by atoms with Gasteiger partial charge < -0.3 is 34.5 Å². The molecule has 1 amide bonds. The van der Waals surface area contributed by atoms with Crippen LogP contribution in [0.25, 0.3) is 10.2 Å². The van der Waals surface area contributed by atoms with E-state index in [4.69, 9.17) is 14.5 Å². The Morgan fingerprint density at radius 2 is 1.76 bits per heavy atom. The highest BCUT2D eigenvalue weighted by Crippen LogP contribution is 2.42. The average Bonchev–Trinajstić information content (AvgIpc) is 3.57. The van der Waals surface area contributed by atoms with Crippen molar-refractivity contribution >= 4 is 84.9 Å². The number of nitrogens with one attached hydrogen (secondary N) is 2. The first-order valence-electron chi connectivity index (χ1n) is 17.4. The summed E-state index contributed by atoms with van der Waals surface area (Å²) in [5.74, 6) is 1.64. The molecular formula is C36H48BrN8O4PS. The third kappa shape index (κ3) is 8.62. The molecule has 4 heterocycles. The van der Waals surface area contributed by atoms with E-state index in [0.29, 0.717) is 52.1 Å². The highest BCUT2D eigenvalue weighted by atomic mass is 79.9. The number of benzene rings is 2. The van der Waals surface area contributed by atoms with E-state index in [1.807, 2.05) is 37.8 Å². The van der Waals surface area contributed by atoms with Crippen LogP contribution in [0.2, 0.25) is 0 Å². The molecule has 0 aliphatic carbocycles. The summed E-state index contributed by atoms with van der Waals surface area (Å²) in [5, 5.41) is 7.49. The van der Waals surface area contributed by atoms with Gasteiger partial charge in [-0.3, -0.25) is 4.90 Å². The maximum Gasteiger partial charge on any atom is 0.410 e. The number of fused-ring (bicyclic) bond motifs is 1. The second kappa shape index (κ2) is 15.3. The molecule has 12 nitrogen and oxygen atoms in total. The summed E-state index contributed by atoms with van der Waals surface area (Å²) in [4.78, 5) is 33.2. The van der Waals surface area contributed by atoms with Gasteiger partial charge in [0.1, 0.15) is 24.3 Å². The molecule has 2 saturated heterocycles. The van der Waals surface area contributed by atoms with Crippen molar-refractivity contribution in [1.29, 1.82) is 0 Å². The van der Waals surface area contributed by atoms with Crippen LogP contribution in [-0.4, -0.2) is 102 Å². The van der Waals surface area contributed by atoms with Crippen molar-refractivity contribution in [2.24, 2.45) is 0 Å². The van der Waals surface area contributed by atoms with E-state index in [2.05, 4.69) is 65.4 Å². The van der Waals surface area contributed by atoms with E-state index in [1.54, 1.807) is 32.1 Å². The summed E-state index contributed by atoms with van der Waals surface area (Å²) >= 11 is 5.12. The molecule has 15 heteroatoms. The standard InChI is InChI=1S/C36H48BrN8O4PS/c1-8-23-19-27(41-34-38-21-25(37)33(42-34)40-26-9-10-30-31(39-22-51-30)32(26)50(6,7)47)29(48-5)20-28(23)44-13-11-24(12-14-44)43-15-17-45(18-16-43)35(46)49-36(2,3)4/h9-10,19-22,24H,8,11-18H2,1-7H3,(H2,38,40,41,42). The van der Waals surface area contributed by atoms with Crippen LogP contribution in [0, 0.1) is 0 Å². The number of amides is 1. The van der Waals surface area contributed by atoms with Crippen molar-refractivity contribution < 1.29 is 18.8 Å². The molecule has 2 N–H and O–H groups in total. The molecule has 2 aliphatic heterocycles.